The first-order chi connectivity index (χ1) is 18.6. The predicted octanol–water partition coefficient (Wildman–Crippen LogP) is 5.38. The van der Waals surface area contributed by atoms with Crippen LogP contribution in [0.2, 0.25) is 12.1 Å². The average Bonchev–Trinajstić information content (AvgIpc) is 2.88. The van der Waals surface area contributed by atoms with Crippen LogP contribution in [0.5, 0.6) is 0 Å². The van der Waals surface area contributed by atoms with E-state index in [-0.39, 0.29) is 23.4 Å². The van der Waals surface area contributed by atoms with Crippen LogP contribution in [0.25, 0.3) is 0 Å². The molecule has 0 aliphatic rings. The zero-order valence-electron chi connectivity index (χ0n) is 26.5. The summed E-state index contributed by atoms with van der Waals surface area (Å²) < 4.78 is 35.4. The summed E-state index contributed by atoms with van der Waals surface area (Å²) >= 11 is 0. The maximum absolute atomic E-state index is 12.9. The van der Waals surface area contributed by atoms with E-state index in [9.17, 15) is 9.59 Å². The Bertz CT molecular complexity index is 569. The van der Waals surface area contributed by atoms with Crippen LogP contribution in [0.1, 0.15) is 88.0 Å². The molecule has 39 heavy (non-hydrogen) atoms. The van der Waals surface area contributed by atoms with Crippen molar-refractivity contribution in [3.8, 4) is 0 Å². The smallest absolute Gasteiger partial charge is 0.374 e. The molecule has 2 atom stereocenters. The number of nitrogens with zero attached hydrogens (tertiary/aromatic N) is 1. The lowest BCUT2D eigenvalue weighted by Crippen LogP contribution is -2.46. The molecule has 0 heterocycles. The molecule has 0 amide bonds. The lowest BCUT2D eigenvalue weighted by atomic mass is 9.99. The topological polar surface area (TPSA) is 92.8 Å². The number of hydrogen-bond acceptors (Lipinski definition) is 9. The number of rotatable bonds is 27. The van der Waals surface area contributed by atoms with Gasteiger partial charge in [-0.25, -0.2) is 0 Å². The largest absolute Gasteiger partial charge is 0.500 e. The van der Waals surface area contributed by atoms with Crippen molar-refractivity contribution in [2.45, 2.75) is 100 Å². The molecule has 0 aromatic carbocycles. The van der Waals surface area contributed by atoms with Crippen LogP contribution in [0.3, 0.4) is 0 Å². The van der Waals surface area contributed by atoms with E-state index in [4.69, 9.17) is 26.6 Å². The van der Waals surface area contributed by atoms with E-state index in [1.54, 1.807) is 0 Å². The third-order valence-corrected chi connectivity index (χ3v) is 12.9. The van der Waals surface area contributed by atoms with E-state index in [0.717, 1.165) is 6.54 Å². The number of ketones is 2. The van der Waals surface area contributed by atoms with Crippen LogP contribution in [-0.2, 0) is 36.1 Å². The van der Waals surface area contributed by atoms with E-state index in [2.05, 4.69) is 11.8 Å². The first-order valence-corrected chi connectivity index (χ1v) is 19.1. The Balaban J connectivity index is 4.79. The highest BCUT2D eigenvalue weighted by atomic mass is 28.4. The highest BCUT2D eigenvalue weighted by Gasteiger charge is 2.41. The van der Waals surface area contributed by atoms with Gasteiger partial charge in [-0.3, -0.25) is 9.59 Å². The second kappa shape index (κ2) is 22.1. The minimum atomic E-state index is -2.73. The van der Waals surface area contributed by atoms with Crippen LogP contribution < -0.4 is 0 Å². The second-order valence-electron chi connectivity index (χ2n) is 9.76. The molecule has 0 rings (SSSR count). The van der Waals surface area contributed by atoms with Gasteiger partial charge in [0.05, 0.1) is 0 Å². The lowest BCUT2D eigenvalue weighted by molar-refractivity contribution is -0.123. The SMILES string of the molecule is CCO[Si](CCCC(=O)C(C)CN(CC)CC(C)C(=O)CCC[Si](OCC)(OCC)OCC)(OCC)OCC. The van der Waals surface area contributed by atoms with Gasteiger partial charge in [0.2, 0.25) is 0 Å². The fourth-order valence-corrected chi connectivity index (χ4v) is 9.99. The zero-order chi connectivity index (χ0) is 29.7. The van der Waals surface area contributed by atoms with Crippen LogP contribution >= 0.6 is 0 Å². The summed E-state index contributed by atoms with van der Waals surface area (Å²) in [6, 6.07) is 1.29. The molecular weight excluding hydrogens is 534 g/mol. The fraction of sp³-hybridized carbons (Fsp3) is 0.929. The molecule has 0 aromatic heterocycles. The van der Waals surface area contributed by atoms with Gasteiger partial charge >= 0.3 is 17.6 Å². The Labute approximate surface area is 241 Å². The standard InChI is InChI=1S/C28H59NO8Si2/c1-10-29(23-25(8)27(30)19-17-21-38(32-11-2,33-12-3)34-13-4)24-26(9)28(31)20-18-22-39(35-14-5,36-15-6)37-16-7/h25-26H,10-24H2,1-9H3. The zero-order valence-corrected chi connectivity index (χ0v) is 28.5. The van der Waals surface area contributed by atoms with Crippen molar-refractivity contribution in [1.82, 2.24) is 4.90 Å². The predicted molar refractivity (Wildman–Crippen MR) is 160 cm³/mol. The first-order valence-electron chi connectivity index (χ1n) is 15.2. The molecule has 0 fully saturated rings. The fourth-order valence-electron chi connectivity index (χ4n) is 4.76. The van der Waals surface area contributed by atoms with Crippen LogP contribution in [0.15, 0.2) is 0 Å². The summed E-state index contributed by atoms with van der Waals surface area (Å²) in [6.45, 7) is 23.0. The first kappa shape index (κ1) is 38.5. The van der Waals surface area contributed by atoms with Gasteiger partial charge in [0.15, 0.2) is 0 Å². The molecule has 0 saturated carbocycles. The third kappa shape index (κ3) is 15.3. The van der Waals surface area contributed by atoms with Crippen LogP contribution in [0, 0.1) is 11.8 Å². The molecule has 0 saturated heterocycles. The Morgan fingerprint density at radius 2 is 0.846 bits per heavy atom. The molecule has 9 nitrogen and oxygen atoms in total. The number of carbonyl (C=O) groups excluding carboxylic acids is 2. The Morgan fingerprint density at radius 3 is 1.08 bits per heavy atom. The minimum Gasteiger partial charge on any atom is -0.374 e. The van der Waals surface area contributed by atoms with E-state index >= 15 is 0 Å². The molecular formula is C28H59NO8Si2. The van der Waals surface area contributed by atoms with Gasteiger partial charge in [0.1, 0.15) is 11.6 Å². The van der Waals surface area contributed by atoms with Gasteiger partial charge in [0.25, 0.3) is 0 Å². The molecule has 11 heteroatoms. The van der Waals surface area contributed by atoms with Gasteiger partial charge < -0.3 is 31.5 Å². The highest BCUT2D eigenvalue weighted by molar-refractivity contribution is 6.61. The maximum Gasteiger partial charge on any atom is 0.500 e. The van der Waals surface area contributed by atoms with E-state index < -0.39 is 17.6 Å². The molecule has 0 radical (unpaired) electrons. The third-order valence-electron chi connectivity index (χ3n) is 6.61. The molecule has 0 N–H and O–H groups in total. The van der Waals surface area contributed by atoms with Crippen molar-refractivity contribution in [3.05, 3.63) is 0 Å². The van der Waals surface area contributed by atoms with Gasteiger partial charge in [-0.15, -0.1) is 0 Å². The van der Waals surface area contributed by atoms with Crippen molar-refractivity contribution in [2.75, 3.05) is 59.3 Å². The summed E-state index contributed by atoms with van der Waals surface area (Å²) in [6.07, 6.45) is 2.32. The molecule has 2 unspecified atom stereocenters. The summed E-state index contributed by atoms with van der Waals surface area (Å²) in [5, 5.41) is 0. The van der Waals surface area contributed by atoms with Crippen molar-refractivity contribution < 1.29 is 36.1 Å². The molecule has 0 aliphatic heterocycles. The Kier molecular flexibility index (Phi) is 21.8. The van der Waals surface area contributed by atoms with E-state index in [1.807, 2.05) is 55.4 Å². The Hall–Kier alpha value is -0.506. The molecule has 0 bridgehead atoms. The number of Topliss-reactive ketones (excluding diaryl/α,β-unsaturated/α-hetero) is 2. The normalized spacial score (nSPS) is 14.1. The van der Waals surface area contributed by atoms with Crippen LogP contribution in [-0.4, -0.2) is 93.4 Å². The van der Waals surface area contributed by atoms with Crippen LogP contribution in [0.4, 0.5) is 0 Å². The van der Waals surface area contributed by atoms with Crippen molar-refractivity contribution in [2.24, 2.45) is 11.8 Å². The number of hydrogen-bond donors (Lipinski definition) is 0. The van der Waals surface area contributed by atoms with E-state index in [1.165, 1.54) is 0 Å². The second-order valence-corrected chi connectivity index (χ2v) is 15.2. The highest BCUT2D eigenvalue weighted by Crippen LogP contribution is 2.22. The minimum absolute atomic E-state index is 0.107. The van der Waals surface area contributed by atoms with E-state index in [0.29, 0.717) is 90.5 Å². The quantitative estimate of drug-likeness (QED) is 0.116. The van der Waals surface area contributed by atoms with Crippen molar-refractivity contribution in [1.29, 1.82) is 0 Å². The van der Waals surface area contributed by atoms with Crippen molar-refractivity contribution in [3.63, 3.8) is 0 Å². The molecule has 0 spiro atoms. The summed E-state index contributed by atoms with van der Waals surface area (Å²) in [4.78, 5) is 28.1. The van der Waals surface area contributed by atoms with Gasteiger partial charge in [-0.1, -0.05) is 20.8 Å². The van der Waals surface area contributed by atoms with Gasteiger partial charge in [0, 0.05) is 89.5 Å². The summed E-state index contributed by atoms with van der Waals surface area (Å²) in [7, 11) is -5.46. The molecule has 0 aliphatic carbocycles. The summed E-state index contributed by atoms with van der Waals surface area (Å²) in [5.74, 6) is 0.238. The molecule has 0 aromatic rings. The van der Waals surface area contributed by atoms with Crippen molar-refractivity contribution >= 4 is 29.2 Å². The Morgan fingerprint density at radius 1 is 0.564 bits per heavy atom. The monoisotopic (exact) mass is 593 g/mol. The maximum atomic E-state index is 12.9. The summed E-state index contributed by atoms with van der Waals surface area (Å²) in [5.41, 5.74) is 0. The van der Waals surface area contributed by atoms with Gasteiger partial charge in [-0.05, 0) is 60.9 Å². The average molecular weight is 594 g/mol. The van der Waals surface area contributed by atoms with Gasteiger partial charge in [-0.2, -0.15) is 0 Å². The lowest BCUT2D eigenvalue weighted by Gasteiger charge is -2.29. The number of carbonyl (C=O) groups is 2. The molecule has 232 valence electrons.